The van der Waals surface area contributed by atoms with Gasteiger partial charge in [0.2, 0.25) is 5.88 Å². The molecule has 0 aliphatic carbocycles. The molecule has 1 atom stereocenters. The highest BCUT2D eigenvalue weighted by Gasteiger charge is 2.28. The summed E-state index contributed by atoms with van der Waals surface area (Å²) < 4.78 is 5.64. The van der Waals surface area contributed by atoms with Crippen LogP contribution in [0.3, 0.4) is 0 Å². The molecule has 2 aromatic heterocycles. The van der Waals surface area contributed by atoms with Crippen LogP contribution in [-0.2, 0) is 0 Å². The molecule has 1 fully saturated rings. The third-order valence-corrected chi connectivity index (χ3v) is 3.73. The van der Waals surface area contributed by atoms with Crippen molar-refractivity contribution in [1.29, 1.82) is 0 Å². The molecule has 1 unspecified atom stereocenters. The summed E-state index contributed by atoms with van der Waals surface area (Å²) in [5, 5.41) is 7.08. The maximum absolute atomic E-state index is 5.64. The van der Waals surface area contributed by atoms with E-state index in [1.807, 2.05) is 18.2 Å². The number of ether oxygens (including phenoxy) is 1. The van der Waals surface area contributed by atoms with E-state index < -0.39 is 0 Å². The van der Waals surface area contributed by atoms with Crippen LogP contribution in [0.25, 0.3) is 0 Å². The van der Waals surface area contributed by atoms with Gasteiger partial charge in [0.15, 0.2) is 0 Å². The van der Waals surface area contributed by atoms with Gasteiger partial charge in [0.25, 0.3) is 0 Å². The standard InChI is InChI=1S/C15H21N5O/c16-8-3-11-21-15-6-1-4-12(18-15)13-5-2-10-20(13)14-7-9-17-19-14/h1,4,6-7,9,13H,2-3,5,8,10-11,16H2,(H,17,19). The fraction of sp³-hybridized carbons (Fsp3) is 0.467. The van der Waals surface area contributed by atoms with Crippen molar-refractivity contribution in [3.8, 4) is 5.88 Å². The number of aromatic amines is 1. The predicted octanol–water partition coefficient (Wildman–Crippen LogP) is 1.87. The summed E-state index contributed by atoms with van der Waals surface area (Å²) in [5.41, 5.74) is 6.53. The molecule has 0 amide bonds. The van der Waals surface area contributed by atoms with Gasteiger partial charge in [0.05, 0.1) is 24.5 Å². The van der Waals surface area contributed by atoms with E-state index >= 15 is 0 Å². The average molecular weight is 287 g/mol. The number of nitrogens with one attached hydrogen (secondary N) is 1. The molecule has 3 heterocycles. The molecule has 6 heteroatoms. The lowest BCUT2D eigenvalue weighted by atomic mass is 10.1. The molecule has 1 saturated heterocycles. The fourth-order valence-corrected chi connectivity index (χ4v) is 2.73. The number of nitrogens with zero attached hydrogens (tertiary/aromatic N) is 3. The summed E-state index contributed by atoms with van der Waals surface area (Å²) in [5.74, 6) is 1.73. The number of pyridine rings is 1. The zero-order valence-electron chi connectivity index (χ0n) is 12.0. The van der Waals surface area contributed by atoms with Gasteiger partial charge in [-0.2, -0.15) is 5.10 Å². The van der Waals surface area contributed by atoms with Crippen LogP contribution in [0, 0.1) is 0 Å². The summed E-state index contributed by atoms with van der Waals surface area (Å²) in [6.45, 7) is 2.27. The van der Waals surface area contributed by atoms with Crippen LogP contribution in [-0.4, -0.2) is 34.9 Å². The minimum Gasteiger partial charge on any atom is -0.478 e. The Morgan fingerprint density at radius 3 is 3.14 bits per heavy atom. The summed E-state index contributed by atoms with van der Waals surface area (Å²) in [6, 6.07) is 8.25. The van der Waals surface area contributed by atoms with Crippen LogP contribution >= 0.6 is 0 Å². The Morgan fingerprint density at radius 2 is 2.33 bits per heavy atom. The van der Waals surface area contributed by atoms with Crippen LogP contribution in [0.4, 0.5) is 5.82 Å². The largest absolute Gasteiger partial charge is 0.478 e. The van der Waals surface area contributed by atoms with E-state index in [4.69, 9.17) is 10.5 Å². The van der Waals surface area contributed by atoms with Gasteiger partial charge >= 0.3 is 0 Å². The zero-order valence-corrected chi connectivity index (χ0v) is 12.0. The maximum atomic E-state index is 5.64. The van der Waals surface area contributed by atoms with Gasteiger partial charge in [-0.1, -0.05) is 6.07 Å². The van der Waals surface area contributed by atoms with Gasteiger partial charge in [-0.15, -0.1) is 0 Å². The van der Waals surface area contributed by atoms with Gasteiger partial charge in [0.1, 0.15) is 5.82 Å². The molecular formula is C15H21N5O. The van der Waals surface area contributed by atoms with Crippen molar-refractivity contribution < 1.29 is 4.74 Å². The Morgan fingerprint density at radius 1 is 1.38 bits per heavy atom. The highest BCUT2D eigenvalue weighted by Crippen LogP contribution is 2.34. The number of hydrogen-bond acceptors (Lipinski definition) is 5. The number of nitrogens with two attached hydrogens (primary N) is 1. The van der Waals surface area contributed by atoms with Gasteiger partial charge in [-0.25, -0.2) is 4.98 Å². The molecule has 0 aromatic carbocycles. The summed E-state index contributed by atoms with van der Waals surface area (Å²) in [7, 11) is 0. The number of H-pyrrole nitrogens is 1. The number of hydrogen-bond donors (Lipinski definition) is 2. The van der Waals surface area contributed by atoms with Crippen LogP contribution < -0.4 is 15.4 Å². The van der Waals surface area contributed by atoms with Crippen molar-refractivity contribution in [1.82, 2.24) is 15.2 Å². The van der Waals surface area contributed by atoms with E-state index in [2.05, 4.69) is 26.1 Å². The molecule has 3 N–H and O–H groups in total. The Kier molecular flexibility index (Phi) is 4.35. The Labute approximate surface area is 124 Å². The van der Waals surface area contributed by atoms with Crippen LogP contribution in [0.1, 0.15) is 31.0 Å². The molecule has 21 heavy (non-hydrogen) atoms. The lowest BCUT2D eigenvalue weighted by Gasteiger charge is -2.24. The second-order valence-corrected chi connectivity index (χ2v) is 5.18. The Hall–Kier alpha value is -2.08. The van der Waals surface area contributed by atoms with E-state index in [0.29, 0.717) is 19.0 Å². The molecule has 0 saturated carbocycles. The van der Waals surface area contributed by atoms with Crippen LogP contribution in [0.15, 0.2) is 30.5 Å². The SMILES string of the molecule is NCCCOc1cccc(C2CCCN2c2ccn[nH]2)n1. The number of rotatable bonds is 6. The second kappa shape index (κ2) is 6.58. The van der Waals surface area contributed by atoms with Crippen molar-refractivity contribution >= 4 is 5.82 Å². The molecule has 0 spiro atoms. The summed E-state index contributed by atoms with van der Waals surface area (Å²) in [4.78, 5) is 6.97. The highest BCUT2D eigenvalue weighted by atomic mass is 16.5. The minimum absolute atomic E-state index is 0.281. The number of anilines is 1. The summed E-state index contributed by atoms with van der Waals surface area (Å²) in [6.07, 6.45) is 4.88. The van der Waals surface area contributed by atoms with Crippen molar-refractivity contribution in [3.63, 3.8) is 0 Å². The van der Waals surface area contributed by atoms with Gasteiger partial charge in [-0.05, 0) is 31.9 Å². The first-order valence-corrected chi connectivity index (χ1v) is 7.44. The molecule has 2 aromatic rings. The predicted molar refractivity (Wildman–Crippen MR) is 81.3 cm³/mol. The first-order chi connectivity index (χ1) is 10.4. The molecule has 0 bridgehead atoms. The molecule has 3 rings (SSSR count). The zero-order chi connectivity index (χ0) is 14.5. The van der Waals surface area contributed by atoms with E-state index in [9.17, 15) is 0 Å². The summed E-state index contributed by atoms with van der Waals surface area (Å²) >= 11 is 0. The van der Waals surface area contributed by atoms with Gasteiger partial charge in [-0.3, -0.25) is 5.10 Å². The smallest absolute Gasteiger partial charge is 0.213 e. The third-order valence-electron chi connectivity index (χ3n) is 3.73. The van der Waals surface area contributed by atoms with E-state index in [-0.39, 0.29) is 6.04 Å². The second-order valence-electron chi connectivity index (χ2n) is 5.18. The molecule has 112 valence electrons. The topological polar surface area (TPSA) is 80.1 Å². The van der Waals surface area contributed by atoms with E-state index in [0.717, 1.165) is 37.3 Å². The van der Waals surface area contributed by atoms with Crippen molar-refractivity contribution in [2.24, 2.45) is 5.73 Å². The van der Waals surface area contributed by atoms with Crippen molar-refractivity contribution in [2.75, 3.05) is 24.6 Å². The van der Waals surface area contributed by atoms with E-state index in [1.54, 1.807) is 6.20 Å². The monoisotopic (exact) mass is 287 g/mol. The van der Waals surface area contributed by atoms with Crippen molar-refractivity contribution in [2.45, 2.75) is 25.3 Å². The lowest BCUT2D eigenvalue weighted by molar-refractivity contribution is 0.300. The fourth-order valence-electron chi connectivity index (χ4n) is 2.73. The molecule has 1 aliphatic heterocycles. The van der Waals surface area contributed by atoms with E-state index in [1.165, 1.54) is 0 Å². The van der Waals surface area contributed by atoms with Gasteiger partial charge in [0, 0.05) is 18.7 Å². The molecule has 1 aliphatic rings. The first kappa shape index (κ1) is 13.9. The maximum Gasteiger partial charge on any atom is 0.213 e. The lowest BCUT2D eigenvalue weighted by Crippen LogP contribution is -2.23. The Balaban J connectivity index is 1.74. The molecular weight excluding hydrogens is 266 g/mol. The quantitative estimate of drug-likeness (QED) is 0.793. The first-order valence-electron chi connectivity index (χ1n) is 7.44. The normalized spacial score (nSPS) is 18.1. The minimum atomic E-state index is 0.281. The Bertz CT molecular complexity index is 557. The average Bonchev–Trinajstić information content (AvgIpc) is 3.19. The van der Waals surface area contributed by atoms with Crippen molar-refractivity contribution in [3.05, 3.63) is 36.2 Å². The number of aromatic nitrogens is 3. The molecule has 0 radical (unpaired) electrons. The molecule has 6 nitrogen and oxygen atoms in total. The third kappa shape index (κ3) is 3.16. The van der Waals surface area contributed by atoms with Crippen LogP contribution in [0.5, 0.6) is 5.88 Å². The highest BCUT2D eigenvalue weighted by molar-refractivity contribution is 5.41. The van der Waals surface area contributed by atoms with Crippen LogP contribution in [0.2, 0.25) is 0 Å². The van der Waals surface area contributed by atoms with Gasteiger partial charge < -0.3 is 15.4 Å².